The van der Waals surface area contributed by atoms with Gasteiger partial charge in [-0.15, -0.1) is 0 Å². The first-order valence-electron chi connectivity index (χ1n) is 28.1. The lowest BCUT2D eigenvalue weighted by molar-refractivity contribution is -0.145. The molecule has 0 bridgehead atoms. The van der Waals surface area contributed by atoms with Crippen LogP contribution in [0.3, 0.4) is 0 Å². The molecule has 10 N–H and O–H groups in total. The molecular formula is C54H93N5O20. The SMILES string of the molecule is CNC(CCCCNC(=O)CC[C@H](CC(=O)CC[C@H](NC(=O)COCCOCCCC(=O)COCCOCCNC(=O)CC[C@H](NC(=O)CCCCCCCCCCCCCCCCC(=O)O)C(=O)O)C(=O)O)C(=O)O)C(=O)O. The number of likely N-dealkylation sites (N-methyl/N-ethyl adjacent to an activating group) is 1. The van der Waals surface area contributed by atoms with Crippen LogP contribution in [0, 0.1) is 5.92 Å². The van der Waals surface area contributed by atoms with Gasteiger partial charge in [0.1, 0.15) is 37.1 Å². The quantitative estimate of drug-likeness (QED) is 0.0385. The van der Waals surface area contributed by atoms with Crippen molar-refractivity contribution in [2.75, 3.05) is 73.0 Å². The van der Waals surface area contributed by atoms with Crippen LogP contribution < -0.4 is 26.6 Å². The lowest BCUT2D eigenvalue weighted by atomic mass is 9.94. The summed E-state index contributed by atoms with van der Waals surface area (Å²) < 4.78 is 21.4. The number of carboxylic acids is 5. The van der Waals surface area contributed by atoms with Gasteiger partial charge in [-0.05, 0) is 64.8 Å². The minimum absolute atomic E-state index is 0.0129. The maximum atomic E-state index is 12.6. The Kier molecular flexibility index (Phi) is 45.9. The molecule has 0 aromatic heterocycles. The Morgan fingerprint density at radius 1 is 0.354 bits per heavy atom. The van der Waals surface area contributed by atoms with Crippen molar-refractivity contribution >= 4 is 65.0 Å². The van der Waals surface area contributed by atoms with Gasteiger partial charge in [-0.25, -0.2) is 9.59 Å². The normalized spacial score (nSPS) is 12.6. The maximum Gasteiger partial charge on any atom is 0.326 e. The van der Waals surface area contributed by atoms with Crippen LogP contribution in [0.4, 0.5) is 0 Å². The maximum absolute atomic E-state index is 12.6. The fourth-order valence-electron chi connectivity index (χ4n) is 8.04. The van der Waals surface area contributed by atoms with Gasteiger partial charge >= 0.3 is 29.8 Å². The lowest BCUT2D eigenvalue weighted by Crippen LogP contribution is -2.42. The number of ether oxygens (including phenoxy) is 4. The van der Waals surface area contributed by atoms with E-state index in [1.165, 1.54) is 39.2 Å². The third-order valence-corrected chi connectivity index (χ3v) is 12.7. The molecule has 0 aromatic carbocycles. The summed E-state index contributed by atoms with van der Waals surface area (Å²) in [5.74, 6) is -9.43. The van der Waals surface area contributed by atoms with Crippen molar-refractivity contribution in [3.63, 3.8) is 0 Å². The zero-order chi connectivity index (χ0) is 58.9. The monoisotopic (exact) mass is 1130 g/mol. The van der Waals surface area contributed by atoms with Crippen molar-refractivity contribution in [2.45, 2.75) is 198 Å². The predicted octanol–water partition coefficient (Wildman–Crippen LogP) is 3.94. The molecule has 1 unspecified atom stereocenters. The topological polar surface area (TPSA) is 386 Å². The average molecular weight is 1130 g/mol. The van der Waals surface area contributed by atoms with Gasteiger partial charge in [-0.3, -0.25) is 43.2 Å². The molecule has 0 aliphatic rings. The van der Waals surface area contributed by atoms with Gasteiger partial charge in [0.25, 0.3) is 0 Å². The number of ketones is 2. The second-order valence-corrected chi connectivity index (χ2v) is 19.5. The van der Waals surface area contributed by atoms with E-state index in [2.05, 4.69) is 26.6 Å². The summed E-state index contributed by atoms with van der Waals surface area (Å²) in [5.41, 5.74) is 0. The summed E-state index contributed by atoms with van der Waals surface area (Å²) >= 11 is 0. The lowest BCUT2D eigenvalue weighted by Gasteiger charge is -2.15. The summed E-state index contributed by atoms with van der Waals surface area (Å²) in [4.78, 5) is 131. The summed E-state index contributed by atoms with van der Waals surface area (Å²) in [5, 5.41) is 59.1. The summed E-state index contributed by atoms with van der Waals surface area (Å²) in [7, 11) is 1.54. The highest BCUT2D eigenvalue weighted by Gasteiger charge is 2.26. The number of hydrogen-bond acceptors (Lipinski definition) is 16. The highest BCUT2D eigenvalue weighted by molar-refractivity contribution is 5.87. The molecule has 4 atom stereocenters. The van der Waals surface area contributed by atoms with Gasteiger partial charge in [-0.2, -0.15) is 0 Å². The number of unbranched alkanes of at least 4 members (excludes halogenated alkanes) is 14. The van der Waals surface area contributed by atoms with Crippen molar-refractivity contribution in [3.8, 4) is 0 Å². The molecule has 4 amide bonds. The molecule has 0 aliphatic heterocycles. The second kappa shape index (κ2) is 49.4. The zero-order valence-electron chi connectivity index (χ0n) is 46.5. The van der Waals surface area contributed by atoms with E-state index in [-0.39, 0.29) is 135 Å². The Labute approximate surface area is 464 Å². The van der Waals surface area contributed by atoms with Gasteiger partial charge in [0.15, 0.2) is 5.78 Å². The Hall–Kier alpha value is -5.63. The second-order valence-electron chi connectivity index (χ2n) is 19.5. The molecule has 0 aliphatic carbocycles. The number of carbonyl (C=O) groups excluding carboxylic acids is 6. The minimum Gasteiger partial charge on any atom is -0.481 e. The first-order valence-corrected chi connectivity index (χ1v) is 28.1. The van der Waals surface area contributed by atoms with E-state index in [0.29, 0.717) is 32.1 Å². The van der Waals surface area contributed by atoms with Crippen molar-refractivity contribution in [1.29, 1.82) is 0 Å². The summed E-state index contributed by atoms with van der Waals surface area (Å²) in [6.45, 7) is 0.541. The first kappa shape index (κ1) is 73.4. The summed E-state index contributed by atoms with van der Waals surface area (Å²) in [6, 6.07) is -3.31. The molecule has 25 nitrogen and oxygen atoms in total. The van der Waals surface area contributed by atoms with Crippen LogP contribution in [0.15, 0.2) is 0 Å². The van der Waals surface area contributed by atoms with Gasteiger partial charge in [-0.1, -0.05) is 77.0 Å². The number of nitrogens with one attached hydrogen (secondary N) is 5. The highest BCUT2D eigenvalue weighted by atomic mass is 16.5. The summed E-state index contributed by atoms with van der Waals surface area (Å²) in [6.07, 6.45) is 15.7. The molecule has 0 aromatic rings. The number of amides is 4. The molecule has 0 heterocycles. The number of aliphatic carboxylic acids is 5. The first-order chi connectivity index (χ1) is 37.9. The van der Waals surface area contributed by atoms with Gasteiger partial charge < -0.3 is 71.1 Å². The Morgan fingerprint density at radius 2 is 0.823 bits per heavy atom. The van der Waals surface area contributed by atoms with Crippen molar-refractivity contribution in [1.82, 2.24) is 26.6 Å². The molecule has 454 valence electrons. The number of Topliss-reactive ketones (excluding diaryl/α,β-unsaturated/α-hetero) is 2. The zero-order valence-corrected chi connectivity index (χ0v) is 46.5. The number of hydrogen-bond donors (Lipinski definition) is 10. The third-order valence-electron chi connectivity index (χ3n) is 12.7. The molecule has 0 rings (SSSR count). The van der Waals surface area contributed by atoms with E-state index in [0.717, 1.165) is 51.4 Å². The molecule has 0 saturated heterocycles. The fourth-order valence-corrected chi connectivity index (χ4v) is 8.04. The molecular weight excluding hydrogens is 1040 g/mol. The predicted molar refractivity (Wildman–Crippen MR) is 287 cm³/mol. The Bertz CT molecular complexity index is 1790. The smallest absolute Gasteiger partial charge is 0.326 e. The molecule has 0 fully saturated rings. The van der Waals surface area contributed by atoms with Crippen LogP contribution in [-0.2, 0) is 71.7 Å². The van der Waals surface area contributed by atoms with Crippen LogP contribution in [0.5, 0.6) is 0 Å². The minimum atomic E-state index is -1.44. The molecule has 0 saturated carbocycles. The van der Waals surface area contributed by atoms with Crippen LogP contribution in [-0.4, -0.2) is 182 Å². The van der Waals surface area contributed by atoms with Crippen LogP contribution >= 0.6 is 0 Å². The average Bonchev–Trinajstić information content (AvgIpc) is 3.39. The number of carboxylic acid groups (broad SMARTS) is 5. The van der Waals surface area contributed by atoms with E-state index < -0.39 is 84.5 Å². The van der Waals surface area contributed by atoms with E-state index >= 15 is 0 Å². The third kappa shape index (κ3) is 45.9. The molecule has 0 radical (unpaired) electrons. The number of carbonyl (C=O) groups is 11. The van der Waals surface area contributed by atoms with E-state index in [1.54, 1.807) is 0 Å². The van der Waals surface area contributed by atoms with Crippen molar-refractivity contribution in [3.05, 3.63) is 0 Å². The Morgan fingerprint density at radius 3 is 1.35 bits per heavy atom. The molecule has 25 heteroatoms. The van der Waals surface area contributed by atoms with E-state index in [4.69, 9.17) is 29.2 Å². The van der Waals surface area contributed by atoms with Gasteiger partial charge in [0, 0.05) is 64.6 Å². The Balaban J connectivity index is 3.97. The molecule has 79 heavy (non-hydrogen) atoms. The van der Waals surface area contributed by atoms with E-state index in [9.17, 15) is 68.1 Å². The van der Waals surface area contributed by atoms with Crippen LogP contribution in [0.25, 0.3) is 0 Å². The fraction of sp³-hybridized carbons (Fsp3) is 0.796. The van der Waals surface area contributed by atoms with Crippen molar-refractivity contribution < 1.29 is 97.2 Å². The van der Waals surface area contributed by atoms with E-state index in [1.807, 2.05) is 0 Å². The number of rotatable bonds is 57. The van der Waals surface area contributed by atoms with Gasteiger partial charge in [0.2, 0.25) is 23.6 Å². The highest BCUT2D eigenvalue weighted by Crippen LogP contribution is 2.16. The van der Waals surface area contributed by atoms with Crippen LogP contribution in [0.1, 0.15) is 180 Å². The standard InChI is InChI=1S/C54H93N5O20/c1-55-43(52(70)71)20-16-17-29-56-46(62)27-23-40(51(68)69)37-41(60)24-25-44(53(72)73)59-49(65)39-79-36-33-76-31-18-19-42(61)38-78-35-34-77-32-30-57-47(63)28-26-45(54(74)75)58-48(64)21-14-12-10-8-6-4-2-3-5-7-9-11-13-15-22-50(66)67/h40,43-45,55H,2-39H2,1H3,(H,56,62)(H,57,63)(H,58,64)(H,59,65)(H,66,67)(H,68,69)(H,70,71)(H,72,73)(H,74,75)/t40-,43?,44+,45+/m1/s1. The van der Waals surface area contributed by atoms with Crippen molar-refractivity contribution in [2.24, 2.45) is 5.92 Å². The largest absolute Gasteiger partial charge is 0.481 e. The van der Waals surface area contributed by atoms with Crippen LogP contribution in [0.2, 0.25) is 0 Å². The van der Waals surface area contributed by atoms with Gasteiger partial charge in [0.05, 0.1) is 39.0 Å². The molecule has 0 spiro atoms.